The maximum absolute atomic E-state index is 6.05. The van der Waals surface area contributed by atoms with E-state index in [1.165, 1.54) is 11.1 Å². The standard InChI is InChI=1S/C15H16NO/c1-11-7-3-4-8-12(11)15-16(2)13-9-5-6-10-14(13)17-15/h3-10,13-14H,1-2H3/q+1. The predicted molar refractivity (Wildman–Crippen MR) is 68.4 cm³/mol. The van der Waals surface area contributed by atoms with E-state index in [0.717, 1.165) is 5.90 Å². The van der Waals surface area contributed by atoms with Crippen molar-refractivity contribution < 1.29 is 9.31 Å². The molecule has 0 bridgehead atoms. The number of benzene rings is 1. The minimum absolute atomic E-state index is 0.152. The van der Waals surface area contributed by atoms with Crippen LogP contribution in [0.2, 0.25) is 0 Å². The molecule has 1 aromatic rings. The Hall–Kier alpha value is -1.83. The van der Waals surface area contributed by atoms with Gasteiger partial charge in [0.05, 0.1) is 5.56 Å². The van der Waals surface area contributed by atoms with Crippen LogP contribution >= 0.6 is 0 Å². The molecule has 3 rings (SSSR count). The van der Waals surface area contributed by atoms with Crippen LogP contribution in [0, 0.1) is 6.92 Å². The lowest BCUT2D eigenvalue weighted by molar-refractivity contribution is -0.517. The molecule has 1 heterocycles. The second kappa shape index (κ2) is 3.88. The van der Waals surface area contributed by atoms with Crippen molar-refractivity contribution >= 4 is 5.90 Å². The van der Waals surface area contributed by atoms with Gasteiger partial charge in [0.1, 0.15) is 7.05 Å². The summed E-state index contributed by atoms with van der Waals surface area (Å²) in [6.45, 7) is 2.12. The topological polar surface area (TPSA) is 12.2 Å². The molecule has 17 heavy (non-hydrogen) atoms. The number of rotatable bonds is 1. The zero-order chi connectivity index (χ0) is 11.8. The number of likely N-dealkylation sites (N-methyl/N-ethyl adjacent to an activating group) is 1. The van der Waals surface area contributed by atoms with Gasteiger partial charge in [0.25, 0.3) is 0 Å². The summed E-state index contributed by atoms with van der Waals surface area (Å²) in [4.78, 5) is 0. The molecule has 86 valence electrons. The molecule has 1 aliphatic carbocycles. The van der Waals surface area contributed by atoms with E-state index in [2.05, 4.69) is 67.1 Å². The van der Waals surface area contributed by atoms with Crippen molar-refractivity contribution in [2.24, 2.45) is 0 Å². The van der Waals surface area contributed by atoms with Gasteiger partial charge in [0.15, 0.2) is 6.10 Å². The molecule has 2 aliphatic rings. The van der Waals surface area contributed by atoms with Crippen molar-refractivity contribution in [2.45, 2.75) is 19.1 Å². The minimum atomic E-state index is 0.152. The van der Waals surface area contributed by atoms with Crippen LogP contribution in [-0.4, -0.2) is 29.7 Å². The van der Waals surface area contributed by atoms with E-state index in [1.54, 1.807) is 0 Å². The fourth-order valence-electron chi connectivity index (χ4n) is 2.45. The van der Waals surface area contributed by atoms with E-state index in [9.17, 15) is 0 Å². The molecular formula is C15H16NO+. The Kier molecular flexibility index (Phi) is 2.36. The monoisotopic (exact) mass is 226 g/mol. The van der Waals surface area contributed by atoms with E-state index >= 15 is 0 Å². The second-order valence-electron chi connectivity index (χ2n) is 4.57. The molecular weight excluding hydrogens is 210 g/mol. The van der Waals surface area contributed by atoms with Gasteiger partial charge in [-0.1, -0.05) is 30.4 Å². The van der Waals surface area contributed by atoms with Crippen molar-refractivity contribution in [3.63, 3.8) is 0 Å². The zero-order valence-electron chi connectivity index (χ0n) is 10.1. The molecule has 0 spiro atoms. The van der Waals surface area contributed by atoms with Crippen LogP contribution in [0.15, 0.2) is 48.6 Å². The van der Waals surface area contributed by atoms with Gasteiger partial charge in [-0.05, 0) is 30.7 Å². The molecule has 0 amide bonds. The molecule has 1 aliphatic heterocycles. The van der Waals surface area contributed by atoms with Crippen molar-refractivity contribution in [1.29, 1.82) is 0 Å². The van der Waals surface area contributed by atoms with Crippen molar-refractivity contribution in [3.05, 3.63) is 59.7 Å². The lowest BCUT2D eigenvalue weighted by Gasteiger charge is -2.09. The highest BCUT2D eigenvalue weighted by Gasteiger charge is 2.40. The number of fused-ring (bicyclic) bond motifs is 1. The van der Waals surface area contributed by atoms with Crippen molar-refractivity contribution in [2.75, 3.05) is 7.05 Å². The third-order valence-corrected chi connectivity index (χ3v) is 3.45. The van der Waals surface area contributed by atoms with Crippen molar-refractivity contribution in [3.8, 4) is 0 Å². The van der Waals surface area contributed by atoms with Crippen LogP contribution in [-0.2, 0) is 4.74 Å². The first-order valence-electron chi connectivity index (χ1n) is 5.95. The fraction of sp³-hybridized carbons (Fsp3) is 0.267. The maximum atomic E-state index is 6.05. The van der Waals surface area contributed by atoms with Crippen LogP contribution < -0.4 is 0 Å². The number of hydrogen-bond acceptors (Lipinski definition) is 1. The summed E-state index contributed by atoms with van der Waals surface area (Å²) in [6.07, 6.45) is 8.60. The first-order valence-corrected chi connectivity index (χ1v) is 5.95. The largest absolute Gasteiger partial charge is 0.429 e. The van der Waals surface area contributed by atoms with Gasteiger partial charge < -0.3 is 4.74 Å². The Labute approximate surface area is 102 Å². The van der Waals surface area contributed by atoms with Gasteiger partial charge in [0.2, 0.25) is 6.04 Å². The Bertz CT molecular complexity index is 540. The quantitative estimate of drug-likeness (QED) is 0.669. The van der Waals surface area contributed by atoms with Gasteiger partial charge in [-0.2, -0.15) is 4.58 Å². The lowest BCUT2D eigenvalue weighted by Crippen LogP contribution is -2.27. The predicted octanol–water partition coefficient (Wildman–Crippen LogP) is 2.28. The third kappa shape index (κ3) is 1.60. The summed E-state index contributed by atoms with van der Waals surface area (Å²) in [6, 6.07) is 8.68. The Morgan fingerprint density at radius 3 is 2.65 bits per heavy atom. The fourth-order valence-corrected chi connectivity index (χ4v) is 2.45. The number of hydrogen-bond donors (Lipinski definition) is 0. The summed E-state index contributed by atoms with van der Waals surface area (Å²) in [5.74, 6) is 0.981. The van der Waals surface area contributed by atoms with Crippen LogP contribution in [0.4, 0.5) is 0 Å². The summed E-state index contributed by atoms with van der Waals surface area (Å²) < 4.78 is 8.26. The Balaban J connectivity index is 2.05. The van der Waals surface area contributed by atoms with E-state index in [1.807, 2.05) is 0 Å². The minimum Gasteiger partial charge on any atom is -0.429 e. The Morgan fingerprint density at radius 2 is 1.88 bits per heavy atom. The highest BCUT2D eigenvalue weighted by atomic mass is 16.5. The molecule has 0 N–H and O–H groups in total. The highest BCUT2D eigenvalue weighted by Crippen LogP contribution is 2.22. The number of nitrogens with zero attached hydrogens (tertiary/aromatic N) is 1. The van der Waals surface area contributed by atoms with E-state index in [4.69, 9.17) is 4.74 Å². The van der Waals surface area contributed by atoms with Crippen LogP contribution in [0.25, 0.3) is 0 Å². The molecule has 0 saturated carbocycles. The van der Waals surface area contributed by atoms with Gasteiger partial charge in [-0.15, -0.1) is 0 Å². The average molecular weight is 226 g/mol. The highest BCUT2D eigenvalue weighted by molar-refractivity contribution is 5.92. The molecule has 2 nitrogen and oxygen atoms in total. The number of allylic oxidation sites excluding steroid dienone is 2. The first-order chi connectivity index (χ1) is 8.27. The van der Waals surface area contributed by atoms with Crippen LogP contribution in [0.1, 0.15) is 11.1 Å². The van der Waals surface area contributed by atoms with E-state index in [0.29, 0.717) is 6.04 Å². The summed E-state index contributed by atoms with van der Waals surface area (Å²) in [5, 5.41) is 0. The molecule has 0 aromatic heterocycles. The van der Waals surface area contributed by atoms with Crippen molar-refractivity contribution in [1.82, 2.24) is 0 Å². The molecule has 1 aromatic carbocycles. The lowest BCUT2D eigenvalue weighted by atomic mass is 10.1. The Morgan fingerprint density at radius 1 is 1.12 bits per heavy atom. The van der Waals surface area contributed by atoms with E-state index < -0.39 is 0 Å². The normalized spacial score (nSPS) is 26.0. The molecule has 2 heteroatoms. The molecule has 2 unspecified atom stereocenters. The van der Waals surface area contributed by atoms with E-state index in [-0.39, 0.29) is 6.10 Å². The average Bonchev–Trinajstić information content (AvgIpc) is 2.68. The molecule has 2 atom stereocenters. The summed E-state index contributed by atoms with van der Waals surface area (Å²) in [7, 11) is 2.09. The van der Waals surface area contributed by atoms with Crippen LogP contribution in [0.5, 0.6) is 0 Å². The van der Waals surface area contributed by atoms with Gasteiger partial charge in [-0.3, -0.25) is 0 Å². The van der Waals surface area contributed by atoms with Gasteiger partial charge >= 0.3 is 5.90 Å². The first kappa shape index (κ1) is 10.3. The summed E-state index contributed by atoms with van der Waals surface area (Å²) >= 11 is 0. The molecule has 0 saturated heterocycles. The van der Waals surface area contributed by atoms with Gasteiger partial charge in [0, 0.05) is 0 Å². The third-order valence-electron chi connectivity index (χ3n) is 3.45. The van der Waals surface area contributed by atoms with Gasteiger partial charge in [-0.25, -0.2) is 0 Å². The second-order valence-corrected chi connectivity index (χ2v) is 4.57. The maximum Gasteiger partial charge on any atom is 0.371 e. The number of ether oxygens (including phenoxy) is 1. The van der Waals surface area contributed by atoms with Crippen LogP contribution in [0.3, 0.4) is 0 Å². The summed E-state index contributed by atoms with van der Waals surface area (Å²) in [5.41, 5.74) is 2.44. The molecule has 0 fully saturated rings. The smallest absolute Gasteiger partial charge is 0.371 e. The number of aryl methyl sites for hydroxylation is 1. The SMILES string of the molecule is Cc1ccccc1C1=[N+](C)C2C=CC=CC2O1. The zero-order valence-corrected chi connectivity index (χ0v) is 10.1. The molecule has 0 radical (unpaired) electrons.